The molecular weight excluding hydrogens is 380 g/mol. The number of hydrogen-bond acceptors (Lipinski definition) is 5. The predicted molar refractivity (Wildman–Crippen MR) is 112 cm³/mol. The molecule has 1 aromatic carbocycles. The molecule has 0 unspecified atom stereocenters. The normalized spacial score (nSPS) is 27.8. The van der Waals surface area contributed by atoms with Crippen LogP contribution in [0.25, 0.3) is 5.69 Å². The summed E-state index contributed by atoms with van der Waals surface area (Å²) in [5.74, 6) is 0.275. The minimum Gasteiger partial charge on any atom is -0.377 e. The standard InChI is InChI=1S/C23H30N4O3/c28-22-2-1-10-26(22)15-21-7-8-23(30-21)16-25(12-13-29-17-23)14-19-3-5-20(6-4-19)27-11-9-24-18-27/h3-6,9,11,18,21H,1-2,7-8,10,12-17H2/t21-,23+/m1/s1. The van der Waals surface area contributed by atoms with E-state index in [4.69, 9.17) is 9.47 Å². The molecule has 4 heterocycles. The van der Waals surface area contributed by atoms with E-state index in [0.29, 0.717) is 13.0 Å². The van der Waals surface area contributed by atoms with E-state index in [-0.39, 0.29) is 17.6 Å². The zero-order chi connectivity index (χ0) is 20.4. The molecule has 7 nitrogen and oxygen atoms in total. The summed E-state index contributed by atoms with van der Waals surface area (Å²) in [6, 6.07) is 8.64. The van der Waals surface area contributed by atoms with Crippen LogP contribution in [0, 0.1) is 0 Å². The van der Waals surface area contributed by atoms with E-state index in [9.17, 15) is 4.79 Å². The van der Waals surface area contributed by atoms with Gasteiger partial charge in [-0.3, -0.25) is 9.69 Å². The summed E-state index contributed by atoms with van der Waals surface area (Å²) in [5, 5.41) is 0. The molecular formula is C23H30N4O3. The Bertz CT molecular complexity index is 854. The Hall–Kier alpha value is -2.22. The Labute approximate surface area is 177 Å². The fourth-order valence-corrected chi connectivity index (χ4v) is 4.95. The first-order valence-corrected chi connectivity index (χ1v) is 11.0. The summed E-state index contributed by atoms with van der Waals surface area (Å²) in [5.41, 5.74) is 2.15. The Balaban J connectivity index is 1.21. The van der Waals surface area contributed by atoms with Crippen LogP contribution < -0.4 is 0 Å². The van der Waals surface area contributed by atoms with Crippen LogP contribution in [-0.2, 0) is 20.8 Å². The minimum atomic E-state index is -0.249. The lowest BCUT2D eigenvalue weighted by Gasteiger charge is -2.32. The Kier molecular flexibility index (Phi) is 5.58. The lowest BCUT2D eigenvalue weighted by Crippen LogP contribution is -2.45. The molecule has 1 amide bonds. The maximum atomic E-state index is 12.0. The predicted octanol–water partition coefficient (Wildman–Crippen LogP) is 2.24. The van der Waals surface area contributed by atoms with E-state index < -0.39 is 0 Å². The highest BCUT2D eigenvalue weighted by Crippen LogP contribution is 2.34. The lowest BCUT2D eigenvalue weighted by atomic mass is 9.99. The fraction of sp³-hybridized carbons (Fsp3) is 0.565. The van der Waals surface area contributed by atoms with E-state index in [1.54, 1.807) is 6.20 Å². The first kappa shape index (κ1) is 19.7. The van der Waals surface area contributed by atoms with Crippen molar-refractivity contribution in [1.82, 2.24) is 19.4 Å². The Morgan fingerprint density at radius 1 is 1.20 bits per heavy atom. The number of benzene rings is 1. The van der Waals surface area contributed by atoms with Gasteiger partial charge < -0.3 is 18.9 Å². The smallest absolute Gasteiger partial charge is 0.222 e. The van der Waals surface area contributed by atoms with Crippen LogP contribution in [0.2, 0.25) is 0 Å². The number of hydrogen-bond donors (Lipinski definition) is 0. The molecule has 1 spiro atoms. The van der Waals surface area contributed by atoms with Crippen LogP contribution in [0.1, 0.15) is 31.2 Å². The molecule has 0 aliphatic carbocycles. The van der Waals surface area contributed by atoms with Crippen LogP contribution in [0.5, 0.6) is 0 Å². The SMILES string of the molecule is O=C1CCCN1C[C@H]1CC[C@]2(COCCN(Cc3ccc(-n4ccnc4)cc3)C2)O1. The zero-order valence-corrected chi connectivity index (χ0v) is 17.4. The molecule has 5 rings (SSSR count). The van der Waals surface area contributed by atoms with Crippen LogP contribution in [-0.4, -0.2) is 76.4 Å². The highest BCUT2D eigenvalue weighted by atomic mass is 16.6. The number of aromatic nitrogens is 2. The van der Waals surface area contributed by atoms with Crippen molar-refractivity contribution in [2.75, 3.05) is 39.4 Å². The van der Waals surface area contributed by atoms with Gasteiger partial charge in [0.25, 0.3) is 0 Å². The maximum absolute atomic E-state index is 12.0. The average molecular weight is 411 g/mol. The molecule has 1 aromatic heterocycles. The maximum Gasteiger partial charge on any atom is 0.222 e. The molecule has 3 aliphatic rings. The van der Waals surface area contributed by atoms with Gasteiger partial charge in [0.1, 0.15) is 5.60 Å². The molecule has 30 heavy (non-hydrogen) atoms. The number of likely N-dealkylation sites (tertiary alicyclic amines) is 1. The number of ether oxygens (including phenoxy) is 2. The molecule has 7 heteroatoms. The van der Waals surface area contributed by atoms with Gasteiger partial charge in [0.2, 0.25) is 5.91 Å². The summed E-state index contributed by atoms with van der Waals surface area (Å²) < 4.78 is 14.5. The van der Waals surface area contributed by atoms with Gasteiger partial charge in [0, 0.05) is 57.2 Å². The first-order valence-electron chi connectivity index (χ1n) is 11.0. The van der Waals surface area contributed by atoms with Gasteiger partial charge in [0.15, 0.2) is 0 Å². The van der Waals surface area contributed by atoms with E-state index in [2.05, 4.69) is 34.1 Å². The number of carbonyl (C=O) groups is 1. The summed E-state index contributed by atoms with van der Waals surface area (Å²) >= 11 is 0. The lowest BCUT2D eigenvalue weighted by molar-refractivity contribution is -0.132. The van der Waals surface area contributed by atoms with Crippen molar-refractivity contribution in [2.45, 2.75) is 43.9 Å². The monoisotopic (exact) mass is 410 g/mol. The van der Waals surface area contributed by atoms with Crippen molar-refractivity contribution in [3.63, 3.8) is 0 Å². The van der Waals surface area contributed by atoms with E-state index in [1.807, 2.05) is 22.0 Å². The van der Waals surface area contributed by atoms with Gasteiger partial charge in [-0.25, -0.2) is 4.98 Å². The summed E-state index contributed by atoms with van der Waals surface area (Å²) in [4.78, 5) is 20.5. The van der Waals surface area contributed by atoms with Crippen molar-refractivity contribution in [3.8, 4) is 5.69 Å². The molecule has 0 bridgehead atoms. The number of amides is 1. The molecule has 160 valence electrons. The quantitative estimate of drug-likeness (QED) is 0.757. The third kappa shape index (κ3) is 4.29. The van der Waals surface area contributed by atoms with Crippen LogP contribution in [0.4, 0.5) is 0 Å². The molecule has 2 atom stereocenters. The highest BCUT2D eigenvalue weighted by Gasteiger charge is 2.43. The summed E-state index contributed by atoms with van der Waals surface area (Å²) in [6.07, 6.45) is 9.35. The molecule has 2 aromatic rings. The molecule has 0 radical (unpaired) electrons. The van der Waals surface area contributed by atoms with Gasteiger partial charge in [-0.05, 0) is 37.0 Å². The van der Waals surface area contributed by atoms with Gasteiger partial charge in [-0.2, -0.15) is 0 Å². The second kappa shape index (κ2) is 8.49. The van der Waals surface area contributed by atoms with Crippen molar-refractivity contribution < 1.29 is 14.3 Å². The van der Waals surface area contributed by atoms with Crippen molar-refractivity contribution in [3.05, 3.63) is 48.5 Å². The number of imidazole rings is 1. The van der Waals surface area contributed by atoms with Gasteiger partial charge >= 0.3 is 0 Å². The summed E-state index contributed by atoms with van der Waals surface area (Å²) in [6.45, 7) is 5.65. The van der Waals surface area contributed by atoms with Crippen LogP contribution >= 0.6 is 0 Å². The summed E-state index contributed by atoms with van der Waals surface area (Å²) in [7, 11) is 0. The highest BCUT2D eigenvalue weighted by molar-refractivity contribution is 5.78. The molecule has 3 aliphatic heterocycles. The molecule has 3 fully saturated rings. The van der Waals surface area contributed by atoms with Crippen molar-refractivity contribution in [1.29, 1.82) is 0 Å². The van der Waals surface area contributed by atoms with Crippen molar-refractivity contribution >= 4 is 5.91 Å². The van der Waals surface area contributed by atoms with Crippen LogP contribution in [0.15, 0.2) is 43.0 Å². The second-order valence-electron chi connectivity index (χ2n) is 8.80. The molecule has 0 saturated carbocycles. The second-order valence-corrected chi connectivity index (χ2v) is 8.80. The third-order valence-corrected chi connectivity index (χ3v) is 6.51. The first-order chi connectivity index (χ1) is 14.7. The topological polar surface area (TPSA) is 59.8 Å². The Morgan fingerprint density at radius 3 is 2.87 bits per heavy atom. The van der Waals surface area contributed by atoms with Crippen molar-refractivity contribution in [2.24, 2.45) is 0 Å². The van der Waals surface area contributed by atoms with E-state index >= 15 is 0 Å². The number of carbonyl (C=O) groups excluding carboxylic acids is 1. The molecule has 0 N–H and O–H groups in total. The van der Waals surface area contributed by atoms with Gasteiger partial charge in [-0.15, -0.1) is 0 Å². The van der Waals surface area contributed by atoms with Gasteiger partial charge in [-0.1, -0.05) is 12.1 Å². The Morgan fingerprint density at radius 2 is 2.10 bits per heavy atom. The van der Waals surface area contributed by atoms with Gasteiger partial charge in [0.05, 0.1) is 25.6 Å². The van der Waals surface area contributed by atoms with E-state index in [1.165, 1.54) is 5.56 Å². The van der Waals surface area contributed by atoms with Crippen LogP contribution in [0.3, 0.4) is 0 Å². The average Bonchev–Trinajstić information content (AvgIpc) is 3.47. The number of rotatable bonds is 5. The van der Waals surface area contributed by atoms with E-state index in [0.717, 1.165) is 64.3 Å². The minimum absolute atomic E-state index is 0.130. The zero-order valence-electron chi connectivity index (χ0n) is 17.4. The molecule has 3 saturated heterocycles. The third-order valence-electron chi connectivity index (χ3n) is 6.51. The fourth-order valence-electron chi connectivity index (χ4n) is 4.95. The largest absolute Gasteiger partial charge is 0.377 e. The number of nitrogens with zero attached hydrogens (tertiary/aromatic N) is 4.